The molecule has 7 heteroatoms. The van der Waals surface area contributed by atoms with E-state index in [1.807, 2.05) is 12.2 Å². The molecule has 0 heterocycles. The van der Waals surface area contributed by atoms with Crippen LogP contribution in [0.4, 0.5) is 0 Å². The molecule has 0 aromatic rings. The normalized spacial score (nSPS) is 8.69. The number of allylic oxidation sites excluding steroid dienone is 4. The second kappa shape index (κ2) is 29.2. The van der Waals surface area contributed by atoms with E-state index < -0.39 is 0 Å². The molecule has 1 aliphatic rings. The summed E-state index contributed by atoms with van der Waals surface area (Å²) < 4.78 is 4.82. The zero-order valence-electron chi connectivity index (χ0n) is 7.69. The summed E-state index contributed by atoms with van der Waals surface area (Å²) in [6, 6.07) is 0. The maximum absolute atomic E-state index is 4.82. The van der Waals surface area contributed by atoms with E-state index in [0.29, 0.717) is 0 Å². The van der Waals surface area contributed by atoms with Crippen molar-refractivity contribution in [2.75, 3.05) is 0 Å². The molecule has 13 heavy (non-hydrogen) atoms. The molecule has 0 unspecified atom stereocenters. The predicted octanol–water partition coefficient (Wildman–Crippen LogP) is -8.73. The standard InChI is InChI=1S/C5H5.CH3.2Al.3ClH.O.Ti.3H/c1-2-4-5-3-1;;;;;;;;;;;/h1-3H,4H2;1H3;;;3*1H;;;;;/q-1;;;;;;;;+4;;;/p-3. The topological polar surface area (TPSA) is 9.23 Å². The summed E-state index contributed by atoms with van der Waals surface area (Å²) in [5.74, 6) is 2.13. The Hall–Kier alpha value is 2.09. The molecule has 0 aliphatic heterocycles. The van der Waals surface area contributed by atoms with Crippen LogP contribution in [0.5, 0.6) is 0 Å². The summed E-state index contributed by atoms with van der Waals surface area (Å²) >= 11 is 0.938. The average Bonchev–Trinajstić information content (AvgIpc) is 2.43. The monoisotopic (exact) mass is 306 g/mol. The number of rotatable bonds is 1. The van der Waals surface area contributed by atoms with E-state index in [9.17, 15) is 0 Å². The molecule has 0 fully saturated rings. The summed E-state index contributed by atoms with van der Waals surface area (Å²) in [6.45, 7) is 0. The van der Waals surface area contributed by atoms with E-state index in [1.165, 1.54) is 0 Å². The number of hydrogen-bond acceptors (Lipinski definition) is 1. The molecule has 0 saturated carbocycles. The van der Waals surface area contributed by atoms with E-state index in [-0.39, 0.29) is 74.5 Å². The minimum atomic E-state index is -0.0139. The smallest absolute Gasteiger partial charge is 1.00 e. The molecule has 72 valence electrons. The molecular weight excluding hydrogens is 296 g/mol. The van der Waals surface area contributed by atoms with Gasteiger partial charge in [0.2, 0.25) is 0 Å². The third-order valence-corrected chi connectivity index (χ3v) is 3.18. The maximum Gasteiger partial charge on any atom is 4.00 e. The molecule has 1 rings (SSSR count). The molecule has 0 radical (unpaired) electrons. The second-order valence-electron chi connectivity index (χ2n) is 1.58. The van der Waals surface area contributed by atoms with Crippen molar-refractivity contribution in [3.63, 3.8) is 0 Å². The largest absolute Gasteiger partial charge is 4.00 e. The Kier molecular flexibility index (Phi) is 66.1. The van der Waals surface area contributed by atoms with Crippen LogP contribution in [-0.2, 0) is 24.6 Å². The zero-order valence-corrected chi connectivity index (χ0v) is 14.9. The molecule has 0 N–H and O–H groups in total. The first-order valence-corrected chi connectivity index (χ1v) is 5.93. The number of hydrogen-bond donors (Lipinski definition) is 0. The van der Waals surface area contributed by atoms with Gasteiger partial charge in [-0.25, -0.2) is 12.2 Å². The van der Waals surface area contributed by atoms with Crippen LogP contribution in [-0.4, -0.2) is 32.2 Å². The SMILES string of the molecule is [C-]1=CC=CC1.[CH3][AlH][O][AlH2].[Cl-].[Cl-].[Cl-].[Ti+4]. The molecule has 0 spiro atoms. The summed E-state index contributed by atoms with van der Waals surface area (Å²) in [6.07, 6.45) is 10.0. The van der Waals surface area contributed by atoms with Crippen LogP contribution in [0.3, 0.4) is 0 Å². The van der Waals surface area contributed by atoms with Gasteiger partial charge < -0.3 is 40.1 Å². The van der Waals surface area contributed by atoms with Crippen molar-refractivity contribution in [1.82, 2.24) is 0 Å². The molecule has 0 aromatic carbocycles. The van der Waals surface area contributed by atoms with Crippen LogP contribution in [0.15, 0.2) is 18.2 Å². The summed E-state index contributed by atoms with van der Waals surface area (Å²) in [4.78, 5) is 0. The van der Waals surface area contributed by atoms with Gasteiger partial charge in [-0.1, -0.05) is 5.79 Å². The third kappa shape index (κ3) is 31.5. The molecule has 0 aromatic heterocycles. The molecule has 0 atom stereocenters. The molecule has 0 bridgehead atoms. The average molecular weight is 307 g/mol. The first kappa shape index (κ1) is 29.4. The van der Waals surface area contributed by atoms with Gasteiger partial charge in [-0.3, -0.25) is 6.08 Å². The van der Waals surface area contributed by atoms with Crippen molar-refractivity contribution in [1.29, 1.82) is 0 Å². The molecule has 1 nitrogen and oxygen atoms in total. The van der Waals surface area contributed by atoms with Crippen LogP contribution >= 0.6 is 0 Å². The van der Waals surface area contributed by atoms with E-state index in [4.69, 9.17) is 2.84 Å². The summed E-state index contributed by atoms with van der Waals surface area (Å²) in [5.41, 5.74) is 0. The van der Waals surface area contributed by atoms with Crippen molar-refractivity contribution in [2.24, 2.45) is 0 Å². The quantitative estimate of drug-likeness (QED) is 0.345. The van der Waals surface area contributed by atoms with Crippen LogP contribution < -0.4 is 37.2 Å². The number of halogens is 3. The van der Waals surface area contributed by atoms with Crippen molar-refractivity contribution in [2.45, 2.75) is 12.2 Å². The van der Waals surface area contributed by atoms with Gasteiger partial charge in [-0.05, 0) is 0 Å². The third-order valence-electron chi connectivity index (χ3n) is 0.875. The Labute approximate surface area is 129 Å². The first-order valence-electron chi connectivity index (χ1n) is 3.12. The Morgan fingerprint density at radius 3 is 1.92 bits per heavy atom. The summed E-state index contributed by atoms with van der Waals surface area (Å²) in [7, 11) is 0. The van der Waals surface area contributed by atoms with Gasteiger partial charge in [0.15, 0.2) is 0 Å². The van der Waals surface area contributed by atoms with Crippen molar-refractivity contribution < 1.29 is 61.8 Å². The van der Waals surface area contributed by atoms with Crippen LogP contribution in [0.2, 0.25) is 5.79 Å². The van der Waals surface area contributed by atoms with Gasteiger partial charge in [0.05, 0.1) is 0 Å². The first-order chi connectivity index (χ1) is 4.41. The Morgan fingerprint density at radius 1 is 1.38 bits per heavy atom. The van der Waals surface area contributed by atoms with E-state index in [0.717, 1.165) is 23.0 Å². The minimum Gasteiger partial charge on any atom is -1.00 e. The van der Waals surface area contributed by atoms with Crippen LogP contribution in [0.25, 0.3) is 0 Å². The second-order valence-corrected chi connectivity index (χ2v) is 4.47. The van der Waals surface area contributed by atoms with Gasteiger partial charge in [-0.2, -0.15) is 6.08 Å². The van der Waals surface area contributed by atoms with Crippen LogP contribution in [0.1, 0.15) is 6.42 Å². The Bertz CT molecular complexity index is 102. The fraction of sp³-hybridized carbons (Fsp3) is 0.333. The minimum absolute atomic E-state index is 0. The van der Waals surface area contributed by atoms with Crippen molar-refractivity contribution in [3.05, 3.63) is 24.3 Å². The zero-order chi connectivity index (χ0) is 6.95. The van der Waals surface area contributed by atoms with E-state index >= 15 is 0 Å². The van der Waals surface area contributed by atoms with Gasteiger partial charge in [0, 0.05) is 0 Å². The Balaban J connectivity index is -0.0000000256. The maximum atomic E-state index is 4.82. The van der Waals surface area contributed by atoms with Gasteiger partial charge in [0.1, 0.15) is 0 Å². The molecule has 0 amide bonds. The molecule has 1 aliphatic carbocycles. The predicted molar refractivity (Wildman–Crippen MR) is 44.2 cm³/mol. The van der Waals surface area contributed by atoms with Crippen molar-refractivity contribution >= 4 is 32.2 Å². The molecular formula is C6H11Al2Cl3OTi. The van der Waals surface area contributed by atoms with Crippen LogP contribution in [0, 0.1) is 6.08 Å². The summed E-state index contributed by atoms with van der Waals surface area (Å²) in [5, 5.41) is 0. The van der Waals surface area contributed by atoms with Crippen molar-refractivity contribution in [3.8, 4) is 0 Å². The van der Waals surface area contributed by atoms with Gasteiger partial charge in [-0.15, -0.1) is 6.42 Å². The Morgan fingerprint density at radius 2 is 1.85 bits per heavy atom. The van der Waals surface area contributed by atoms with E-state index in [1.54, 1.807) is 0 Å². The fourth-order valence-electron chi connectivity index (χ4n) is 0.340. The molecule has 0 saturated heterocycles. The van der Waals surface area contributed by atoms with E-state index in [2.05, 4.69) is 17.9 Å². The fourth-order valence-corrected chi connectivity index (χ4v) is 0.340. The van der Waals surface area contributed by atoms with Gasteiger partial charge >= 0.3 is 53.9 Å². The van der Waals surface area contributed by atoms with Gasteiger partial charge in [0.25, 0.3) is 0 Å².